The van der Waals surface area contributed by atoms with Crippen molar-refractivity contribution in [2.75, 3.05) is 29.9 Å². The number of carbonyl (C=O) groups is 1. The lowest BCUT2D eigenvalue weighted by Crippen LogP contribution is -2.37. The van der Waals surface area contributed by atoms with E-state index in [9.17, 15) is 18.0 Å². The number of fused-ring (bicyclic) bond motifs is 1. The predicted molar refractivity (Wildman–Crippen MR) is 155 cm³/mol. The molecule has 0 aliphatic carbocycles. The highest BCUT2D eigenvalue weighted by atomic mass is 32.2. The molecule has 43 heavy (non-hydrogen) atoms. The SMILES string of the molecule is C[C@@H](Nc1ncnc2[nH]c(=O)c(C3CCS(=O)(=O)CC3)cc12)c1cccc(C(F)(F)CCC2CCN(C(=O)O)CC2)c1F. The molecule has 0 saturated carbocycles. The number of rotatable bonds is 8. The van der Waals surface area contributed by atoms with Crippen molar-refractivity contribution in [2.45, 2.75) is 63.3 Å². The van der Waals surface area contributed by atoms with Gasteiger partial charge in [0.1, 0.15) is 33.4 Å². The van der Waals surface area contributed by atoms with Crippen molar-refractivity contribution < 1.29 is 31.5 Å². The van der Waals surface area contributed by atoms with E-state index >= 15 is 13.2 Å². The van der Waals surface area contributed by atoms with Crippen molar-refractivity contribution in [1.82, 2.24) is 19.9 Å². The number of pyridine rings is 1. The van der Waals surface area contributed by atoms with E-state index in [2.05, 4.69) is 20.3 Å². The number of halogens is 3. The minimum atomic E-state index is -3.42. The van der Waals surface area contributed by atoms with Crippen LogP contribution in [0.5, 0.6) is 0 Å². The molecular weight excluding hydrogens is 587 g/mol. The summed E-state index contributed by atoms with van der Waals surface area (Å²) in [5.74, 6) is -4.52. The Morgan fingerprint density at radius 3 is 2.56 bits per heavy atom. The summed E-state index contributed by atoms with van der Waals surface area (Å²) >= 11 is 0. The van der Waals surface area contributed by atoms with E-state index in [1.165, 1.54) is 23.4 Å². The number of amides is 1. The smallest absolute Gasteiger partial charge is 0.407 e. The number of benzene rings is 1. The molecular formula is C29H34F3N5O5S. The molecule has 0 unspecified atom stereocenters. The van der Waals surface area contributed by atoms with Crippen LogP contribution in [0.3, 0.4) is 0 Å². The van der Waals surface area contributed by atoms with Gasteiger partial charge in [-0.2, -0.15) is 0 Å². The molecule has 14 heteroatoms. The van der Waals surface area contributed by atoms with Crippen LogP contribution >= 0.6 is 0 Å². The van der Waals surface area contributed by atoms with Crippen LogP contribution in [0.15, 0.2) is 35.4 Å². The van der Waals surface area contributed by atoms with Crippen LogP contribution in [-0.2, 0) is 15.8 Å². The van der Waals surface area contributed by atoms with E-state index in [0.29, 0.717) is 49.7 Å². The Kier molecular flexibility index (Phi) is 8.68. The number of sulfone groups is 1. The number of aromatic amines is 1. The minimum Gasteiger partial charge on any atom is -0.465 e. The number of likely N-dealkylation sites (tertiary alicyclic amines) is 1. The second kappa shape index (κ2) is 12.1. The summed E-state index contributed by atoms with van der Waals surface area (Å²) in [7, 11) is -3.13. The summed E-state index contributed by atoms with van der Waals surface area (Å²) in [6.07, 6.45) is 1.42. The molecule has 0 bridgehead atoms. The van der Waals surface area contributed by atoms with Gasteiger partial charge in [0, 0.05) is 30.6 Å². The van der Waals surface area contributed by atoms with Gasteiger partial charge in [-0.1, -0.05) is 18.2 Å². The first-order valence-corrected chi connectivity index (χ1v) is 16.2. The molecule has 1 atom stereocenters. The van der Waals surface area contributed by atoms with Crippen LogP contribution in [0, 0.1) is 11.7 Å². The Balaban J connectivity index is 1.33. The number of aromatic nitrogens is 3. The van der Waals surface area contributed by atoms with Gasteiger partial charge in [-0.05, 0) is 56.9 Å². The van der Waals surface area contributed by atoms with Crippen molar-refractivity contribution in [3.63, 3.8) is 0 Å². The molecule has 4 heterocycles. The molecule has 2 aromatic heterocycles. The number of carboxylic acid groups (broad SMARTS) is 1. The molecule has 1 amide bonds. The molecule has 232 valence electrons. The van der Waals surface area contributed by atoms with E-state index in [1.54, 1.807) is 13.0 Å². The van der Waals surface area contributed by atoms with Crippen molar-refractivity contribution >= 4 is 32.8 Å². The number of nitrogens with zero attached hydrogens (tertiary/aromatic N) is 3. The normalized spacial score (nSPS) is 18.9. The Morgan fingerprint density at radius 1 is 1.19 bits per heavy atom. The van der Waals surface area contributed by atoms with Gasteiger partial charge >= 0.3 is 6.09 Å². The predicted octanol–water partition coefficient (Wildman–Crippen LogP) is 5.18. The fourth-order valence-electron chi connectivity index (χ4n) is 6.03. The van der Waals surface area contributed by atoms with Crippen LogP contribution in [0.1, 0.15) is 74.1 Å². The highest BCUT2D eigenvalue weighted by Crippen LogP contribution is 2.39. The lowest BCUT2D eigenvalue weighted by atomic mass is 9.89. The molecule has 3 aromatic rings. The minimum absolute atomic E-state index is 0.00713. The van der Waals surface area contributed by atoms with Gasteiger partial charge in [-0.15, -0.1) is 0 Å². The van der Waals surface area contributed by atoms with Crippen molar-refractivity contribution in [1.29, 1.82) is 0 Å². The molecule has 2 fully saturated rings. The fraction of sp³-hybridized carbons (Fsp3) is 0.517. The van der Waals surface area contributed by atoms with E-state index in [1.807, 2.05) is 0 Å². The Labute approximate surface area is 246 Å². The molecule has 0 radical (unpaired) electrons. The van der Waals surface area contributed by atoms with Crippen molar-refractivity contribution in [3.8, 4) is 0 Å². The van der Waals surface area contributed by atoms with Gasteiger partial charge in [-0.25, -0.2) is 36.4 Å². The second-order valence-corrected chi connectivity index (χ2v) is 13.8. The highest BCUT2D eigenvalue weighted by molar-refractivity contribution is 7.91. The average Bonchev–Trinajstić information content (AvgIpc) is 2.96. The molecule has 0 spiro atoms. The standard InChI is InChI=1S/C29H34F3N5O5S/c1-17(20-3-2-4-23(24(20)30)29(31,32)10-5-18-6-11-37(12-7-18)28(39)40)35-25-22-15-21(19-8-13-43(41,42)14-9-19)27(38)36-26(22)34-16-33-25/h2-4,15-19H,5-14H2,1H3,(H,39,40)(H2,33,34,35,36,38)/t17-/m1/s1. The Hall–Kier alpha value is -3.68. The molecule has 2 aliphatic heterocycles. The number of nitrogens with one attached hydrogen (secondary N) is 2. The molecule has 1 aromatic carbocycles. The number of anilines is 1. The van der Waals surface area contributed by atoms with Crippen molar-refractivity contribution in [3.05, 3.63) is 63.5 Å². The Morgan fingerprint density at radius 2 is 1.88 bits per heavy atom. The average molecular weight is 622 g/mol. The lowest BCUT2D eigenvalue weighted by Gasteiger charge is -2.31. The number of hydrogen-bond acceptors (Lipinski definition) is 7. The summed E-state index contributed by atoms with van der Waals surface area (Å²) in [6.45, 7) is 2.21. The third kappa shape index (κ3) is 6.78. The maximum Gasteiger partial charge on any atom is 0.407 e. The zero-order chi connectivity index (χ0) is 30.9. The van der Waals surface area contributed by atoms with Crippen LogP contribution in [0.2, 0.25) is 0 Å². The zero-order valence-electron chi connectivity index (χ0n) is 23.7. The molecule has 2 aliphatic rings. The van der Waals surface area contributed by atoms with E-state index in [-0.39, 0.29) is 52.4 Å². The van der Waals surface area contributed by atoms with Crippen LogP contribution < -0.4 is 10.9 Å². The van der Waals surface area contributed by atoms with Gasteiger partial charge in [0.25, 0.3) is 11.5 Å². The first-order chi connectivity index (χ1) is 20.3. The maximum atomic E-state index is 15.6. The lowest BCUT2D eigenvalue weighted by molar-refractivity contribution is -0.0248. The van der Waals surface area contributed by atoms with Gasteiger partial charge in [0.15, 0.2) is 0 Å². The Bertz CT molecular complexity index is 1660. The summed E-state index contributed by atoms with van der Waals surface area (Å²) in [5.41, 5.74) is -0.414. The third-order valence-electron chi connectivity index (χ3n) is 8.67. The quantitative estimate of drug-likeness (QED) is 0.312. The number of piperidine rings is 1. The summed E-state index contributed by atoms with van der Waals surface area (Å²) in [6, 6.07) is 4.72. The number of alkyl halides is 2. The highest BCUT2D eigenvalue weighted by Gasteiger charge is 2.37. The number of H-pyrrole nitrogens is 1. The largest absolute Gasteiger partial charge is 0.465 e. The summed E-state index contributed by atoms with van der Waals surface area (Å²) in [5, 5.41) is 12.6. The van der Waals surface area contributed by atoms with Gasteiger partial charge in [0.05, 0.1) is 28.5 Å². The van der Waals surface area contributed by atoms with Crippen LogP contribution in [-0.4, -0.2) is 64.1 Å². The van der Waals surface area contributed by atoms with Crippen LogP contribution in [0.4, 0.5) is 23.8 Å². The van der Waals surface area contributed by atoms with Gasteiger partial charge < -0.3 is 20.3 Å². The van der Waals surface area contributed by atoms with Gasteiger partial charge in [-0.3, -0.25) is 4.79 Å². The molecule has 5 rings (SSSR count). The number of hydrogen-bond donors (Lipinski definition) is 3. The topological polar surface area (TPSA) is 145 Å². The van der Waals surface area contributed by atoms with Crippen molar-refractivity contribution in [2.24, 2.45) is 5.92 Å². The van der Waals surface area contributed by atoms with E-state index in [0.717, 1.165) is 6.07 Å². The monoisotopic (exact) mass is 621 g/mol. The fourth-order valence-corrected chi connectivity index (χ4v) is 7.53. The van der Waals surface area contributed by atoms with Gasteiger partial charge in [0.2, 0.25) is 0 Å². The summed E-state index contributed by atoms with van der Waals surface area (Å²) < 4.78 is 70.0. The summed E-state index contributed by atoms with van der Waals surface area (Å²) in [4.78, 5) is 36.3. The first kappa shape index (κ1) is 30.8. The zero-order valence-corrected chi connectivity index (χ0v) is 24.5. The first-order valence-electron chi connectivity index (χ1n) is 14.3. The second-order valence-electron chi connectivity index (χ2n) is 11.5. The molecule has 2 saturated heterocycles. The third-order valence-corrected chi connectivity index (χ3v) is 10.4. The molecule has 10 nitrogen and oxygen atoms in total. The van der Waals surface area contributed by atoms with E-state index < -0.39 is 45.7 Å². The van der Waals surface area contributed by atoms with Crippen LogP contribution in [0.25, 0.3) is 11.0 Å². The van der Waals surface area contributed by atoms with E-state index in [4.69, 9.17) is 5.11 Å². The maximum absolute atomic E-state index is 15.6. The molecule has 3 N–H and O–H groups in total.